The van der Waals surface area contributed by atoms with Crippen LogP contribution >= 0.6 is 34.4 Å². The second-order valence-corrected chi connectivity index (χ2v) is 21.0. The Kier molecular flexibility index (Phi) is 19.0. The molecule has 61 heavy (non-hydrogen) atoms. The fraction of sp³-hybridized carbons (Fsp3) is 0.132. The molecule has 0 radical (unpaired) electrons. The molecule has 0 aliphatic heterocycles. The molecule has 0 N–H and O–H groups in total. The first kappa shape index (κ1) is 47.2. The molecule has 0 aliphatic rings. The van der Waals surface area contributed by atoms with Crippen molar-refractivity contribution in [2.45, 2.75) is 34.1 Å². The normalized spacial score (nSPS) is 12.5. The van der Waals surface area contributed by atoms with Crippen molar-refractivity contribution in [1.29, 1.82) is 0 Å². The van der Waals surface area contributed by atoms with Gasteiger partial charge in [0.1, 0.15) is 23.3 Å². The van der Waals surface area contributed by atoms with E-state index in [-0.39, 0.29) is 29.2 Å². The van der Waals surface area contributed by atoms with Crippen LogP contribution in [0.4, 0.5) is 17.6 Å². The highest BCUT2D eigenvalue weighted by Gasteiger charge is 2.24. The van der Waals surface area contributed by atoms with Crippen LogP contribution in [0.2, 0.25) is 0 Å². The van der Waals surface area contributed by atoms with Gasteiger partial charge in [0.15, 0.2) is 0 Å². The number of allylic oxidation sites excluding steroid dienone is 2. The molecule has 0 bridgehead atoms. The molecule has 7 aromatic rings. The van der Waals surface area contributed by atoms with Crippen LogP contribution in [0, 0.1) is 46.7 Å². The predicted molar refractivity (Wildman–Crippen MR) is 259 cm³/mol. The monoisotopic (exact) mass is 888 g/mol. The molecule has 0 nitrogen and oxygen atoms in total. The maximum atomic E-state index is 14.7. The SMILES string of the molecule is CC(C)/C(=C/Cc1ccccc1F)P(c1ccccc1)c1ccccc1F.CC(C)C#CP(c1ccccc1)c1ccccc1F.Fc1ccccc1P(Cl)c1ccccc1. The maximum absolute atomic E-state index is 14.7. The van der Waals surface area contributed by atoms with Gasteiger partial charge >= 0.3 is 0 Å². The minimum Gasteiger partial charge on any atom is -0.207 e. The Morgan fingerprint density at radius 2 is 0.902 bits per heavy atom. The molecule has 3 unspecified atom stereocenters. The molecule has 310 valence electrons. The van der Waals surface area contributed by atoms with Gasteiger partial charge in [-0.3, -0.25) is 0 Å². The van der Waals surface area contributed by atoms with E-state index in [1.54, 1.807) is 42.5 Å². The van der Waals surface area contributed by atoms with Gasteiger partial charge in [0.2, 0.25) is 0 Å². The van der Waals surface area contributed by atoms with Gasteiger partial charge in [-0.25, -0.2) is 17.6 Å². The zero-order valence-electron chi connectivity index (χ0n) is 34.6. The molecule has 0 spiro atoms. The van der Waals surface area contributed by atoms with Gasteiger partial charge in [0.05, 0.1) is 7.27 Å². The van der Waals surface area contributed by atoms with Crippen LogP contribution in [0.3, 0.4) is 0 Å². The first-order valence-electron chi connectivity index (χ1n) is 19.9. The largest absolute Gasteiger partial charge is 0.207 e. The van der Waals surface area contributed by atoms with Crippen LogP contribution in [0.5, 0.6) is 0 Å². The Bertz CT molecular complexity index is 2500. The van der Waals surface area contributed by atoms with E-state index in [1.165, 1.54) is 24.3 Å². The lowest BCUT2D eigenvalue weighted by Crippen LogP contribution is -2.18. The molecule has 0 aromatic heterocycles. The second-order valence-electron chi connectivity index (χ2n) is 14.3. The first-order chi connectivity index (χ1) is 29.5. The minimum atomic E-state index is -1.09. The minimum absolute atomic E-state index is 0.171. The van der Waals surface area contributed by atoms with E-state index in [0.717, 1.165) is 21.2 Å². The third kappa shape index (κ3) is 14.1. The van der Waals surface area contributed by atoms with Gasteiger partial charge in [-0.1, -0.05) is 220 Å². The molecule has 0 amide bonds. The van der Waals surface area contributed by atoms with Gasteiger partial charge in [0.25, 0.3) is 0 Å². The van der Waals surface area contributed by atoms with Crippen molar-refractivity contribution in [3.8, 4) is 11.6 Å². The van der Waals surface area contributed by atoms with E-state index in [9.17, 15) is 17.6 Å². The average molecular weight is 889 g/mol. The molecular formula is C53H48ClF4P3. The van der Waals surface area contributed by atoms with Crippen LogP contribution in [0.25, 0.3) is 0 Å². The summed E-state index contributed by atoms with van der Waals surface area (Å²) in [5, 5.41) is 6.33. The summed E-state index contributed by atoms with van der Waals surface area (Å²) in [5.74, 6) is 2.90. The van der Waals surface area contributed by atoms with Crippen molar-refractivity contribution in [1.82, 2.24) is 0 Å². The smallest absolute Gasteiger partial charge is 0.132 e. The van der Waals surface area contributed by atoms with E-state index in [0.29, 0.717) is 33.8 Å². The Labute approximate surface area is 367 Å². The number of hydrogen-bond acceptors (Lipinski definition) is 0. The summed E-state index contributed by atoms with van der Waals surface area (Å²) in [6, 6.07) is 57.0. The lowest BCUT2D eigenvalue weighted by atomic mass is 10.1. The van der Waals surface area contributed by atoms with Crippen molar-refractivity contribution in [3.05, 3.63) is 228 Å². The first-order valence-corrected chi connectivity index (χ1v) is 24.9. The van der Waals surface area contributed by atoms with E-state index >= 15 is 0 Å². The summed E-state index contributed by atoms with van der Waals surface area (Å²) >= 11 is 6.26. The van der Waals surface area contributed by atoms with Gasteiger partial charge < -0.3 is 0 Å². The lowest BCUT2D eigenvalue weighted by Gasteiger charge is -2.25. The van der Waals surface area contributed by atoms with Crippen molar-refractivity contribution in [2.24, 2.45) is 11.8 Å². The third-order valence-electron chi connectivity index (χ3n) is 9.07. The fourth-order valence-corrected chi connectivity index (χ4v) is 12.6. The molecule has 3 atom stereocenters. The summed E-state index contributed by atoms with van der Waals surface area (Å²) in [7, 11) is -3.05. The Morgan fingerprint density at radius 1 is 0.492 bits per heavy atom. The van der Waals surface area contributed by atoms with Crippen LogP contribution in [-0.2, 0) is 6.42 Å². The highest BCUT2D eigenvalue weighted by molar-refractivity contribution is 7.95. The van der Waals surface area contributed by atoms with Crippen LogP contribution in [0.15, 0.2) is 199 Å². The molecule has 0 saturated carbocycles. The molecule has 0 fully saturated rings. The lowest BCUT2D eigenvalue weighted by molar-refractivity contribution is 0.614. The Hall–Kier alpha value is -4.86. The second kappa shape index (κ2) is 24.5. The molecular weight excluding hydrogens is 841 g/mol. The molecule has 0 heterocycles. The van der Waals surface area contributed by atoms with Gasteiger partial charge in [0, 0.05) is 29.8 Å². The quantitative estimate of drug-likeness (QED) is 0.0729. The summed E-state index contributed by atoms with van der Waals surface area (Å²) in [6.45, 7) is 8.33. The predicted octanol–water partition coefficient (Wildman–Crippen LogP) is 13.5. The van der Waals surface area contributed by atoms with Crippen LogP contribution in [0.1, 0.15) is 33.3 Å². The highest BCUT2D eigenvalue weighted by Crippen LogP contribution is 2.47. The molecule has 0 saturated heterocycles. The topological polar surface area (TPSA) is 0 Å². The van der Waals surface area contributed by atoms with Crippen molar-refractivity contribution >= 4 is 66.2 Å². The third-order valence-corrected chi connectivity index (χ3v) is 16.6. The molecule has 7 rings (SSSR count). The zero-order chi connectivity index (χ0) is 43.6. The van der Waals surface area contributed by atoms with Crippen LogP contribution < -0.4 is 31.8 Å². The zero-order valence-corrected chi connectivity index (χ0v) is 38.0. The van der Waals surface area contributed by atoms with E-state index in [4.69, 9.17) is 11.2 Å². The highest BCUT2D eigenvalue weighted by atomic mass is 35.7. The fourth-order valence-electron chi connectivity index (χ4n) is 6.08. The molecule has 8 heteroatoms. The van der Waals surface area contributed by atoms with Crippen molar-refractivity contribution < 1.29 is 17.6 Å². The number of rotatable bonds is 10. The van der Waals surface area contributed by atoms with Crippen molar-refractivity contribution in [3.63, 3.8) is 0 Å². The summed E-state index contributed by atoms with van der Waals surface area (Å²) < 4.78 is 56.2. The number of hydrogen-bond donors (Lipinski definition) is 0. The summed E-state index contributed by atoms with van der Waals surface area (Å²) in [6.07, 6.45) is 2.59. The molecule has 7 aromatic carbocycles. The maximum Gasteiger partial charge on any atom is 0.132 e. The average Bonchev–Trinajstić information content (AvgIpc) is 3.28. The standard InChI is InChI=1S/C24H23F2P.C17H16FP.C12H9ClFP/c1-18(2)23(17-16-19-10-6-7-13-21(19)25)27(20-11-4-3-5-12-20)24-15-9-8-14-22(24)26;1-14(2)12-13-19(15-8-4-3-5-9-15)17-11-7-6-10-16(17)18;13-15(10-6-2-1-3-7-10)12-9-5-4-8-11(12)14/h3-15,17-18H,16H2,1-2H3;3-11,14H,1-2H3;1-9H/b23-17-;;. The number of halogens is 5. The molecule has 0 aliphatic carbocycles. The van der Waals surface area contributed by atoms with E-state index in [1.807, 2.05) is 123 Å². The van der Waals surface area contributed by atoms with Gasteiger partial charge in [-0.2, -0.15) is 0 Å². The van der Waals surface area contributed by atoms with Gasteiger partial charge in [-0.15, -0.1) is 0 Å². The summed E-state index contributed by atoms with van der Waals surface area (Å²) in [5.41, 5.74) is 3.93. The van der Waals surface area contributed by atoms with Crippen LogP contribution in [-0.4, -0.2) is 0 Å². The Balaban J connectivity index is 0.000000182. The van der Waals surface area contributed by atoms with E-state index in [2.05, 4.69) is 43.6 Å². The summed E-state index contributed by atoms with van der Waals surface area (Å²) in [4.78, 5) is 0. The number of benzene rings is 7. The Morgan fingerprint density at radius 3 is 1.38 bits per heavy atom. The van der Waals surface area contributed by atoms with E-state index < -0.39 is 23.1 Å². The van der Waals surface area contributed by atoms with Crippen molar-refractivity contribution in [2.75, 3.05) is 0 Å². The van der Waals surface area contributed by atoms with Gasteiger partial charge in [-0.05, 0) is 71.3 Å².